The molecular formula is C14H19FN6. The summed E-state index contributed by atoms with van der Waals surface area (Å²) in [6.45, 7) is 2.84. The van der Waals surface area contributed by atoms with Crippen molar-refractivity contribution in [1.82, 2.24) is 15.0 Å². The van der Waals surface area contributed by atoms with E-state index >= 15 is 0 Å². The van der Waals surface area contributed by atoms with Crippen LogP contribution >= 0.6 is 0 Å². The number of benzene rings is 1. The number of hydrogen-bond acceptors (Lipinski definition) is 6. The largest absolute Gasteiger partial charge is 0.354 e. The lowest BCUT2D eigenvalue weighted by Crippen LogP contribution is -2.16. The zero-order valence-electron chi connectivity index (χ0n) is 12.4. The van der Waals surface area contributed by atoms with Gasteiger partial charge in [-0.05, 0) is 24.6 Å². The molecule has 0 unspecified atom stereocenters. The average molecular weight is 290 g/mol. The van der Waals surface area contributed by atoms with E-state index in [1.165, 1.54) is 12.1 Å². The minimum Gasteiger partial charge on any atom is -0.354 e. The van der Waals surface area contributed by atoms with Gasteiger partial charge in [-0.3, -0.25) is 0 Å². The smallest absolute Gasteiger partial charge is 0.233 e. The molecule has 0 bridgehead atoms. The molecule has 2 N–H and O–H groups in total. The highest BCUT2D eigenvalue weighted by molar-refractivity contribution is 5.55. The Morgan fingerprint density at radius 2 is 1.90 bits per heavy atom. The van der Waals surface area contributed by atoms with Crippen molar-refractivity contribution in [3.8, 4) is 0 Å². The quantitative estimate of drug-likeness (QED) is 0.852. The van der Waals surface area contributed by atoms with E-state index in [0.29, 0.717) is 23.5 Å². The van der Waals surface area contributed by atoms with Gasteiger partial charge in [-0.1, -0.05) is 13.0 Å². The van der Waals surface area contributed by atoms with E-state index in [9.17, 15) is 4.39 Å². The van der Waals surface area contributed by atoms with Gasteiger partial charge in [0, 0.05) is 26.3 Å². The highest BCUT2D eigenvalue weighted by Gasteiger charge is 2.08. The molecule has 1 heterocycles. The maximum atomic E-state index is 13.2. The third-order valence-corrected chi connectivity index (χ3v) is 2.64. The Morgan fingerprint density at radius 1 is 1.14 bits per heavy atom. The van der Waals surface area contributed by atoms with Gasteiger partial charge in [0.1, 0.15) is 5.82 Å². The van der Waals surface area contributed by atoms with Crippen molar-refractivity contribution in [3.05, 3.63) is 30.1 Å². The van der Waals surface area contributed by atoms with Crippen molar-refractivity contribution >= 4 is 23.5 Å². The molecule has 1 aromatic carbocycles. The second-order valence-electron chi connectivity index (χ2n) is 4.74. The maximum absolute atomic E-state index is 13.2. The molecule has 0 radical (unpaired) electrons. The van der Waals surface area contributed by atoms with Crippen LogP contribution in [0, 0.1) is 5.82 Å². The van der Waals surface area contributed by atoms with E-state index in [1.807, 2.05) is 14.1 Å². The molecule has 2 aromatic rings. The Labute approximate surface area is 123 Å². The summed E-state index contributed by atoms with van der Waals surface area (Å²) in [4.78, 5) is 14.7. The summed E-state index contributed by atoms with van der Waals surface area (Å²) in [6, 6.07) is 6.15. The predicted molar refractivity (Wildman–Crippen MR) is 82.6 cm³/mol. The fraction of sp³-hybridized carbons (Fsp3) is 0.357. The van der Waals surface area contributed by atoms with Crippen LogP contribution in [-0.4, -0.2) is 35.6 Å². The van der Waals surface area contributed by atoms with Crippen LogP contribution in [-0.2, 0) is 0 Å². The lowest BCUT2D eigenvalue weighted by atomic mass is 10.3. The molecule has 7 heteroatoms. The molecule has 0 amide bonds. The number of nitrogens with one attached hydrogen (secondary N) is 2. The van der Waals surface area contributed by atoms with E-state index < -0.39 is 0 Å². The molecule has 2 rings (SSSR count). The van der Waals surface area contributed by atoms with Crippen LogP contribution in [0.3, 0.4) is 0 Å². The summed E-state index contributed by atoms with van der Waals surface area (Å²) in [5, 5.41) is 6.11. The van der Waals surface area contributed by atoms with Gasteiger partial charge in [-0.15, -0.1) is 0 Å². The molecule has 0 fully saturated rings. The van der Waals surface area contributed by atoms with Crippen molar-refractivity contribution < 1.29 is 4.39 Å². The van der Waals surface area contributed by atoms with Gasteiger partial charge in [-0.2, -0.15) is 15.0 Å². The molecule has 0 saturated carbocycles. The van der Waals surface area contributed by atoms with Gasteiger partial charge in [0.15, 0.2) is 0 Å². The van der Waals surface area contributed by atoms with Crippen LogP contribution in [0.2, 0.25) is 0 Å². The van der Waals surface area contributed by atoms with Crippen molar-refractivity contribution in [2.24, 2.45) is 0 Å². The van der Waals surface area contributed by atoms with Gasteiger partial charge in [0.05, 0.1) is 0 Å². The van der Waals surface area contributed by atoms with Crippen molar-refractivity contribution in [2.45, 2.75) is 13.3 Å². The molecular weight excluding hydrogens is 271 g/mol. The third kappa shape index (κ3) is 4.27. The van der Waals surface area contributed by atoms with E-state index in [0.717, 1.165) is 13.0 Å². The van der Waals surface area contributed by atoms with Crippen LogP contribution in [0.1, 0.15) is 13.3 Å². The van der Waals surface area contributed by atoms with Gasteiger partial charge in [-0.25, -0.2) is 4.39 Å². The Balaban J connectivity index is 2.26. The van der Waals surface area contributed by atoms with Crippen molar-refractivity contribution in [3.63, 3.8) is 0 Å². The summed E-state index contributed by atoms with van der Waals surface area (Å²) in [5.41, 5.74) is 0.590. The van der Waals surface area contributed by atoms with E-state index in [4.69, 9.17) is 0 Å². The summed E-state index contributed by atoms with van der Waals surface area (Å²) >= 11 is 0. The second-order valence-corrected chi connectivity index (χ2v) is 4.74. The zero-order chi connectivity index (χ0) is 15.2. The first kappa shape index (κ1) is 15.0. The number of rotatable bonds is 6. The zero-order valence-corrected chi connectivity index (χ0v) is 12.4. The third-order valence-electron chi connectivity index (χ3n) is 2.64. The normalized spacial score (nSPS) is 10.3. The molecule has 0 saturated heterocycles. The van der Waals surface area contributed by atoms with Crippen LogP contribution in [0.5, 0.6) is 0 Å². The molecule has 6 nitrogen and oxygen atoms in total. The highest BCUT2D eigenvalue weighted by Crippen LogP contribution is 2.17. The van der Waals surface area contributed by atoms with E-state index in [2.05, 4.69) is 32.5 Å². The molecule has 112 valence electrons. The van der Waals surface area contributed by atoms with Crippen LogP contribution < -0.4 is 15.5 Å². The van der Waals surface area contributed by atoms with Gasteiger partial charge in [0.2, 0.25) is 17.8 Å². The first-order chi connectivity index (χ1) is 10.1. The predicted octanol–water partition coefficient (Wildman–Crippen LogP) is 2.64. The topological polar surface area (TPSA) is 66.0 Å². The Morgan fingerprint density at radius 3 is 2.57 bits per heavy atom. The monoisotopic (exact) mass is 290 g/mol. The Hall–Kier alpha value is -2.44. The fourth-order valence-electron chi connectivity index (χ4n) is 1.63. The molecule has 0 aliphatic rings. The van der Waals surface area contributed by atoms with E-state index in [-0.39, 0.29) is 5.82 Å². The molecule has 0 aliphatic carbocycles. The lowest BCUT2D eigenvalue weighted by Gasteiger charge is -2.14. The Bertz CT molecular complexity index is 602. The molecule has 0 aliphatic heterocycles. The van der Waals surface area contributed by atoms with Gasteiger partial charge in [0.25, 0.3) is 0 Å². The van der Waals surface area contributed by atoms with Crippen molar-refractivity contribution in [1.29, 1.82) is 0 Å². The lowest BCUT2D eigenvalue weighted by molar-refractivity contribution is 0.628. The summed E-state index contributed by atoms with van der Waals surface area (Å²) in [6.07, 6.45) is 0.968. The van der Waals surface area contributed by atoms with Gasteiger partial charge < -0.3 is 15.5 Å². The highest BCUT2D eigenvalue weighted by atomic mass is 19.1. The average Bonchev–Trinajstić information content (AvgIpc) is 2.45. The summed E-state index contributed by atoms with van der Waals surface area (Å²) < 4.78 is 13.2. The summed E-state index contributed by atoms with van der Waals surface area (Å²) in [7, 11) is 3.70. The minimum atomic E-state index is -0.314. The first-order valence-corrected chi connectivity index (χ1v) is 6.78. The molecule has 1 aromatic heterocycles. The first-order valence-electron chi connectivity index (χ1n) is 6.78. The van der Waals surface area contributed by atoms with Crippen molar-refractivity contribution in [2.75, 3.05) is 36.2 Å². The fourth-order valence-corrected chi connectivity index (χ4v) is 1.63. The van der Waals surface area contributed by atoms with Gasteiger partial charge >= 0.3 is 0 Å². The van der Waals surface area contributed by atoms with Crippen LogP contribution in [0.15, 0.2) is 24.3 Å². The summed E-state index contributed by atoms with van der Waals surface area (Å²) in [5.74, 6) is 1.08. The minimum absolute atomic E-state index is 0.314. The number of hydrogen-bond donors (Lipinski definition) is 2. The number of halogens is 1. The second kappa shape index (κ2) is 6.83. The SMILES string of the molecule is CCCNc1nc(Nc2cccc(F)c2)nc(N(C)C)n1. The molecule has 21 heavy (non-hydrogen) atoms. The molecule has 0 spiro atoms. The Kier molecular flexibility index (Phi) is 4.86. The number of anilines is 4. The van der Waals surface area contributed by atoms with Crippen LogP contribution in [0.25, 0.3) is 0 Å². The number of aromatic nitrogens is 3. The van der Waals surface area contributed by atoms with Crippen LogP contribution in [0.4, 0.5) is 27.9 Å². The standard InChI is InChI=1S/C14H19FN6/c1-4-8-16-12-18-13(20-14(19-12)21(2)3)17-11-7-5-6-10(15)9-11/h5-7,9H,4,8H2,1-3H3,(H2,16,17,18,19,20). The number of nitrogens with zero attached hydrogens (tertiary/aromatic N) is 4. The maximum Gasteiger partial charge on any atom is 0.233 e. The van der Waals surface area contributed by atoms with E-state index in [1.54, 1.807) is 17.0 Å². The molecule has 0 atom stereocenters.